The first kappa shape index (κ1) is 23.3. The molecular weight excluding hydrogens is 404 g/mol. The van der Waals surface area contributed by atoms with Crippen molar-refractivity contribution in [2.45, 2.75) is 58.0 Å². The van der Waals surface area contributed by atoms with Crippen LogP contribution in [0.15, 0.2) is 78.9 Å². The van der Waals surface area contributed by atoms with Crippen LogP contribution in [-0.4, -0.2) is 36.0 Å². The Hall–Kier alpha value is -2.91. The van der Waals surface area contributed by atoms with Gasteiger partial charge in [-0.1, -0.05) is 77.9 Å². The molecule has 2 atom stereocenters. The first-order valence-electron chi connectivity index (χ1n) is 12.3. The molecule has 0 aromatic heterocycles. The van der Waals surface area contributed by atoms with Crippen LogP contribution < -0.4 is 5.32 Å². The van der Waals surface area contributed by atoms with E-state index in [4.69, 9.17) is 0 Å². The minimum Gasteiger partial charge on any atom is -0.335 e. The number of carbonyl (C=O) groups is 1. The second-order valence-corrected chi connectivity index (χ2v) is 9.48. The number of nitrogens with one attached hydrogen (secondary N) is 1. The van der Waals surface area contributed by atoms with Gasteiger partial charge in [0.1, 0.15) is 0 Å². The van der Waals surface area contributed by atoms with E-state index in [1.807, 2.05) is 12.1 Å². The number of piperidine rings is 1. The van der Waals surface area contributed by atoms with E-state index in [1.54, 1.807) is 0 Å². The maximum atomic E-state index is 13.5. The van der Waals surface area contributed by atoms with E-state index >= 15 is 0 Å². The Kier molecular flexibility index (Phi) is 7.96. The summed E-state index contributed by atoms with van der Waals surface area (Å²) < 4.78 is 0. The molecule has 3 nitrogen and oxygen atoms in total. The second-order valence-electron chi connectivity index (χ2n) is 9.48. The molecule has 0 radical (unpaired) electrons. The molecule has 0 aliphatic carbocycles. The summed E-state index contributed by atoms with van der Waals surface area (Å²) in [5.74, 6) is 0.172. The zero-order valence-electron chi connectivity index (χ0n) is 20.0. The first-order chi connectivity index (χ1) is 16.1. The normalized spacial score (nSPS) is 18.3. The van der Waals surface area contributed by atoms with Crippen LogP contribution in [0.25, 0.3) is 0 Å². The van der Waals surface area contributed by atoms with Crippen LogP contribution in [0.4, 0.5) is 0 Å². The molecular formula is C30H36N2O. The Balaban J connectivity index is 1.41. The van der Waals surface area contributed by atoms with Crippen LogP contribution in [0, 0.1) is 13.8 Å². The molecule has 1 N–H and O–H groups in total. The Morgan fingerprint density at radius 1 is 0.909 bits per heavy atom. The quantitative estimate of drug-likeness (QED) is 0.453. The molecule has 3 aromatic carbocycles. The average Bonchev–Trinajstić information content (AvgIpc) is 2.82. The van der Waals surface area contributed by atoms with Crippen LogP contribution in [0.1, 0.15) is 51.9 Å². The van der Waals surface area contributed by atoms with Crippen molar-refractivity contribution >= 4 is 5.91 Å². The van der Waals surface area contributed by atoms with Gasteiger partial charge in [-0.2, -0.15) is 0 Å². The van der Waals surface area contributed by atoms with Gasteiger partial charge in [-0.3, -0.25) is 4.79 Å². The molecule has 172 valence electrons. The maximum Gasteiger partial charge on any atom is 0.254 e. The zero-order valence-corrected chi connectivity index (χ0v) is 20.0. The van der Waals surface area contributed by atoms with E-state index < -0.39 is 0 Å². The van der Waals surface area contributed by atoms with E-state index in [1.165, 1.54) is 11.1 Å². The number of hydrogen-bond donors (Lipinski definition) is 1. The molecule has 1 fully saturated rings. The third-order valence-electron chi connectivity index (χ3n) is 6.68. The fourth-order valence-corrected chi connectivity index (χ4v) is 5.09. The van der Waals surface area contributed by atoms with Gasteiger partial charge in [-0.25, -0.2) is 0 Å². The molecule has 1 aliphatic heterocycles. The van der Waals surface area contributed by atoms with Gasteiger partial charge in [0.15, 0.2) is 0 Å². The summed E-state index contributed by atoms with van der Waals surface area (Å²) in [6.07, 6.45) is 5.14. The summed E-state index contributed by atoms with van der Waals surface area (Å²) in [4.78, 5) is 15.7. The van der Waals surface area contributed by atoms with Crippen molar-refractivity contribution in [3.05, 3.63) is 107 Å². The molecule has 0 saturated carbocycles. The van der Waals surface area contributed by atoms with Gasteiger partial charge in [0.05, 0.1) is 0 Å². The van der Waals surface area contributed by atoms with Crippen molar-refractivity contribution in [2.75, 3.05) is 13.1 Å². The Morgan fingerprint density at radius 3 is 2.21 bits per heavy atom. The van der Waals surface area contributed by atoms with Gasteiger partial charge in [-0.05, 0) is 75.8 Å². The van der Waals surface area contributed by atoms with Crippen molar-refractivity contribution < 1.29 is 4.79 Å². The SMILES string of the molecule is Cc1cc(C)cc(C(=O)N2CC[C@H](NCCCc3ccccc3)C[C@@H]2Cc2ccccc2)c1. The predicted octanol–water partition coefficient (Wildman–Crippen LogP) is 5.74. The number of benzene rings is 3. The summed E-state index contributed by atoms with van der Waals surface area (Å²) in [5.41, 5.74) is 5.81. The van der Waals surface area contributed by atoms with Crippen LogP contribution in [-0.2, 0) is 12.8 Å². The highest BCUT2D eigenvalue weighted by Crippen LogP contribution is 2.24. The molecule has 0 spiro atoms. The molecule has 4 rings (SSSR count). The summed E-state index contributed by atoms with van der Waals surface area (Å²) in [6, 6.07) is 28.1. The monoisotopic (exact) mass is 440 g/mol. The van der Waals surface area contributed by atoms with Gasteiger partial charge in [0.2, 0.25) is 0 Å². The molecule has 1 heterocycles. The van der Waals surface area contributed by atoms with Crippen molar-refractivity contribution in [3.8, 4) is 0 Å². The topological polar surface area (TPSA) is 32.3 Å². The Morgan fingerprint density at radius 2 is 1.55 bits per heavy atom. The minimum absolute atomic E-state index is 0.172. The van der Waals surface area contributed by atoms with Crippen LogP contribution in [0.2, 0.25) is 0 Å². The predicted molar refractivity (Wildman–Crippen MR) is 137 cm³/mol. The highest BCUT2D eigenvalue weighted by atomic mass is 16.2. The van der Waals surface area contributed by atoms with Crippen molar-refractivity contribution in [1.82, 2.24) is 10.2 Å². The lowest BCUT2D eigenvalue weighted by Crippen LogP contribution is -2.52. The van der Waals surface area contributed by atoms with Crippen LogP contribution in [0.3, 0.4) is 0 Å². The third-order valence-corrected chi connectivity index (χ3v) is 6.68. The Bertz CT molecular complexity index is 1010. The standard InChI is InChI=1S/C30H36N2O/c1-23-18-24(2)20-27(19-23)30(33)32-17-15-28(22-29(32)21-26-12-7-4-8-13-26)31-16-9-14-25-10-5-3-6-11-25/h3-8,10-13,18-20,28-29,31H,9,14-17,21-22H2,1-2H3/t28-,29-/m0/s1. The van der Waals surface area contributed by atoms with E-state index in [-0.39, 0.29) is 11.9 Å². The van der Waals surface area contributed by atoms with Crippen molar-refractivity contribution in [2.24, 2.45) is 0 Å². The average molecular weight is 441 g/mol. The van der Waals surface area contributed by atoms with Gasteiger partial charge >= 0.3 is 0 Å². The lowest BCUT2D eigenvalue weighted by atomic mass is 9.91. The fourth-order valence-electron chi connectivity index (χ4n) is 5.09. The molecule has 0 bridgehead atoms. The van der Waals surface area contributed by atoms with E-state index in [0.29, 0.717) is 6.04 Å². The molecule has 0 unspecified atom stereocenters. The van der Waals surface area contributed by atoms with Crippen molar-refractivity contribution in [3.63, 3.8) is 0 Å². The van der Waals surface area contributed by atoms with Crippen molar-refractivity contribution in [1.29, 1.82) is 0 Å². The maximum absolute atomic E-state index is 13.5. The highest BCUT2D eigenvalue weighted by molar-refractivity contribution is 5.95. The number of likely N-dealkylation sites (tertiary alicyclic amines) is 1. The number of hydrogen-bond acceptors (Lipinski definition) is 2. The van der Waals surface area contributed by atoms with Gasteiger partial charge < -0.3 is 10.2 Å². The van der Waals surface area contributed by atoms with Gasteiger partial charge in [0.25, 0.3) is 5.91 Å². The zero-order chi connectivity index (χ0) is 23.0. The number of aryl methyl sites for hydroxylation is 3. The minimum atomic E-state index is 0.172. The first-order valence-corrected chi connectivity index (χ1v) is 12.3. The summed E-state index contributed by atoms with van der Waals surface area (Å²) >= 11 is 0. The number of carbonyl (C=O) groups excluding carboxylic acids is 1. The number of amides is 1. The lowest BCUT2D eigenvalue weighted by molar-refractivity contribution is 0.0577. The summed E-state index contributed by atoms with van der Waals surface area (Å²) in [7, 11) is 0. The van der Waals surface area contributed by atoms with Crippen LogP contribution >= 0.6 is 0 Å². The molecule has 1 aliphatic rings. The Labute approximate surface area is 198 Å². The largest absolute Gasteiger partial charge is 0.335 e. The summed E-state index contributed by atoms with van der Waals surface area (Å²) in [5, 5.41) is 3.79. The molecule has 1 saturated heterocycles. The molecule has 3 aromatic rings. The highest BCUT2D eigenvalue weighted by Gasteiger charge is 2.32. The van der Waals surface area contributed by atoms with E-state index in [9.17, 15) is 4.79 Å². The van der Waals surface area contributed by atoms with Gasteiger partial charge in [-0.15, -0.1) is 0 Å². The number of nitrogens with zero attached hydrogens (tertiary/aromatic N) is 1. The third kappa shape index (κ3) is 6.55. The number of rotatable bonds is 8. The molecule has 1 amide bonds. The van der Waals surface area contributed by atoms with Crippen LogP contribution in [0.5, 0.6) is 0 Å². The smallest absolute Gasteiger partial charge is 0.254 e. The molecule has 3 heteroatoms. The fraction of sp³-hybridized carbons (Fsp3) is 0.367. The second kappa shape index (κ2) is 11.3. The summed E-state index contributed by atoms with van der Waals surface area (Å²) in [6.45, 7) is 5.95. The molecule has 33 heavy (non-hydrogen) atoms. The van der Waals surface area contributed by atoms with Gasteiger partial charge in [0, 0.05) is 24.2 Å². The van der Waals surface area contributed by atoms with E-state index in [2.05, 4.69) is 90.8 Å². The van der Waals surface area contributed by atoms with E-state index in [0.717, 1.165) is 61.9 Å². The lowest BCUT2D eigenvalue weighted by Gasteiger charge is -2.40.